The molecule has 1 fully saturated rings. The molecule has 1 saturated heterocycles. The van der Waals surface area contributed by atoms with E-state index in [4.69, 9.17) is 9.47 Å². The fraction of sp³-hybridized carbons (Fsp3) is 0.400. The van der Waals surface area contributed by atoms with Crippen LogP contribution in [0.15, 0.2) is 54.6 Å². The molecule has 0 atom stereocenters. The van der Waals surface area contributed by atoms with Crippen molar-refractivity contribution in [2.45, 2.75) is 24.7 Å². The minimum absolute atomic E-state index is 0.0179. The second kappa shape index (κ2) is 9.30. The maximum absolute atomic E-state index is 13.7. The topological polar surface area (TPSA) is 55.8 Å². The number of hydrogen-bond acceptors (Lipinski definition) is 4. The van der Waals surface area contributed by atoms with Gasteiger partial charge in [0, 0.05) is 18.7 Å². The van der Waals surface area contributed by atoms with Crippen molar-refractivity contribution in [2.75, 3.05) is 26.3 Å². The molecule has 0 N–H and O–H groups in total. The van der Waals surface area contributed by atoms with Gasteiger partial charge in [-0.3, -0.25) is 0 Å². The first kappa shape index (κ1) is 19.8. The van der Waals surface area contributed by atoms with E-state index in [2.05, 4.69) is 0 Å². The number of para-hydroxylation sites is 1. The Labute approximate surface area is 159 Å². The molecule has 0 aromatic heterocycles. The van der Waals surface area contributed by atoms with Gasteiger partial charge in [0.2, 0.25) is 10.0 Å². The van der Waals surface area contributed by atoms with Gasteiger partial charge in [-0.25, -0.2) is 17.1 Å². The Hall–Kier alpha value is -1.96. The first-order chi connectivity index (χ1) is 13.0. The highest BCUT2D eigenvalue weighted by Crippen LogP contribution is 2.20. The van der Waals surface area contributed by atoms with Crippen LogP contribution in [0.2, 0.25) is 0 Å². The molecular weight excluding hydrogens is 369 g/mol. The fourth-order valence-corrected chi connectivity index (χ4v) is 4.65. The lowest BCUT2D eigenvalue weighted by Crippen LogP contribution is -2.41. The first-order valence-corrected chi connectivity index (χ1v) is 10.7. The Morgan fingerprint density at radius 2 is 1.63 bits per heavy atom. The largest absolute Gasteiger partial charge is 0.491 e. The summed E-state index contributed by atoms with van der Waals surface area (Å²) in [5.74, 6) is 0.00343. The fourth-order valence-electron chi connectivity index (χ4n) is 3.07. The third kappa shape index (κ3) is 5.76. The second-order valence-corrected chi connectivity index (χ2v) is 8.45. The van der Waals surface area contributed by atoms with Crippen LogP contribution in [-0.4, -0.2) is 45.1 Å². The summed E-state index contributed by atoms with van der Waals surface area (Å²) in [6.07, 6.45) is 1.27. The Bertz CT molecular complexity index is 821. The Balaban J connectivity index is 1.41. The van der Waals surface area contributed by atoms with E-state index in [1.165, 1.54) is 16.4 Å². The van der Waals surface area contributed by atoms with E-state index >= 15 is 0 Å². The zero-order valence-corrected chi connectivity index (χ0v) is 15.9. The first-order valence-electron chi connectivity index (χ1n) is 9.05. The normalized spacial score (nSPS) is 16.3. The number of nitrogens with zero attached hydrogens (tertiary/aromatic N) is 1. The molecule has 0 saturated carbocycles. The van der Waals surface area contributed by atoms with Crippen molar-refractivity contribution in [3.63, 3.8) is 0 Å². The zero-order valence-electron chi connectivity index (χ0n) is 15.1. The van der Waals surface area contributed by atoms with Gasteiger partial charge >= 0.3 is 0 Å². The standard InChI is InChI=1S/C20H24FNO4S/c21-20-9-5-4-6-17(20)16-27(23,24)22-12-10-19(11-13-22)26-15-14-25-18-7-2-1-3-8-18/h1-9,19H,10-16H2. The Morgan fingerprint density at radius 1 is 0.963 bits per heavy atom. The van der Waals surface area contributed by atoms with Crippen LogP contribution >= 0.6 is 0 Å². The quantitative estimate of drug-likeness (QED) is 0.646. The Kier molecular flexibility index (Phi) is 6.82. The number of piperidine rings is 1. The molecule has 0 radical (unpaired) electrons. The summed E-state index contributed by atoms with van der Waals surface area (Å²) in [6, 6.07) is 15.5. The molecule has 0 unspecified atom stereocenters. The molecule has 3 rings (SSSR count). The van der Waals surface area contributed by atoms with Crippen molar-refractivity contribution in [1.82, 2.24) is 4.31 Å². The second-order valence-electron chi connectivity index (χ2n) is 6.48. The molecular formula is C20H24FNO4S. The van der Waals surface area contributed by atoms with E-state index in [9.17, 15) is 12.8 Å². The summed E-state index contributed by atoms with van der Waals surface area (Å²) in [7, 11) is -3.53. The average Bonchev–Trinajstić information content (AvgIpc) is 2.68. The summed E-state index contributed by atoms with van der Waals surface area (Å²) in [4.78, 5) is 0. The summed E-state index contributed by atoms with van der Waals surface area (Å²) >= 11 is 0. The van der Waals surface area contributed by atoms with Gasteiger partial charge < -0.3 is 9.47 Å². The van der Waals surface area contributed by atoms with Gasteiger partial charge in [-0.05, 0) is 31.0 Å². The van der Waals surface area contributed by atoms with Gasteiger partial charge in [0.15, 0.2) is 0 Å². The van der Waals surface area contributed by atoms with E-state index < -0.39 is 15.8 Å². The third-order valence-electron chi connectivity index (χ3n) is 4.54. The van der Waals surface area contributed by atoms with Gasteiger partial charge in [0.1, 0.15) is 18.2 Å². The van der Waals surface area contributed by atoms with Gasteiger partial charge in [-0.15, -0.1) is 0 Å². The SMILES string of the molecule is O=S(=O)(Cc1ccccc1F)N1CCC(OCCOc2ccccc2)CC1. The molecule has 2 aromatic rings. The summed E-state index contributed by atoms with van der Waals surface area (Å²) in [6.45, 7) is 1.69. The highest BCUT2D eigenvalue weighted by atomic mass is 32.2. The number of halogens is 1. The lowest BCUT2D eigenvalue weighted by atomic mass is 10.1. The minimum atomic E-state index is -3.53. The van der Waals surface area contributed by atoms with Crippen molar-refractivity contribution >= 4 is 10.0 Å². The predicted molar refractivity (Wildman–Crippen MR) is 102 cm³/mol. The van der Waals surface area contributed by atoms with Crippen molar-refractivity contribution in [2.24, 2.45) is 0 Å². The molecule has 7 heteroatoms. The van der Waals surface area contributed by atoms with Crippen LogP contribution in [0.4, 0.5) is 4.39 Å². The number of sulfonamides is 1. The van der Waals surface area contributed by atoms with E-state index in [1.807, 2.05) is 30.3 Å². The van der Waals surface area contributed by atoms with Gasteiger partial charge in [0.05, 0.1) is 18.5 Å². The summed E-state index contributed by atoms with van der Waals surface area (Å²) in [5.41, 5.74) is 0.203. The van der Waals surface area contributed by atoms with Crippen molar-refractivity contribution in [3.05, 3.63) is 66.0 Å². The highest BCUT2D eigenvalue weighted by Gasteiger charge is 2.29. The molecule has 2 aromatic carbocycles. The van der Waals surface area contributed by atoms with Crippen LogP contribution in [0.5, 0.6) is 5.75 Å². The number of rotatable bonds is 8. The van der Waals surface area contributed by atoms with E-state index in [1.54, 1.807) is 12.1 Å². The maximum atomic E-state index is 13.7. The van der Waals surface area contributed by atoms with E-state index in [-0.39, 0.29) is 17.4 Å². The van der Waals surface area contributed by atoms with E-state index in [0.717, 1.165) is 5.75 Å². The lowest BCUT2D eigenvalue weighted by molar-refractivity contribution is 0.00699. The smallest absolute Gasteiger partial charge is 0.218 e. The third-order valence-corrected chi connectivity index (χ3v) is 6.37. The monoisotopic (exact) mass is 393 g/mol. The van der Waals surface area contributed by atoms with Crippen LogP contribution in [-0.2, 0) is 20.5 Å². The maximum Gasteiger partial charge on any atom is 0.218 e. The number of hydrogen-bond donors (Lipinski definition) is 0. The van der Waals surface area contributed by atoms with Crippen LogP contribution in [0.1, 0.15) is 18.4 Å². The molecule has 0 bridgehead atoms. The van der Waals surface area contributed by atoms with Crippen molar-refractivity contribution < 1.29 is 22.3 Å². The van der Waals surface area contributed by atoms with E-state index in [0.29, 0.717) is 39.1 Å². The summed E-state index contributed by atoms with van der Waals surface area (Å²) in [5, 5.41) is 0. The zero-order chi connectivity index (χ0) is 19.1. The van der Waals surface area contributed by atoms with Crippen molar-refractivity contribution in [3.8, 4) is 5.75 Å². The van der Waals surface area contributed by atoms with Gasteiger partial charge in [-0.1, -0.05) is 36.4 Å². The van der Waals surface area contributed by atoms with Crippen LogP contribution in [0, 0.1) is 5.82 Å². The Morgan fingerprint density at radius 3 is 2.33 bits per heavy atom. The molecule has 5 nitrogen and oxygen atoms in total. The molecule has 1 aliphatic rings. The van der Waals surface area contributed by atoms with Crippen molar-refractivity contribution in [1.29, 1.82) is 0 Å². The number of benzene rings is 2. The molecule has 1 aliphatic heterocycles. The van der Waals surface area contributed by atoms with Gasteiger partial charge in [-0.2, -0.15) is 0 Å². The van der Waals surface area contributed by atoms with Crippen LogP contribution < -0.4 is 4.74 Å². The molecule has 1 heterocycles. The lowest BCUT2D eigenvalue weighted by Gasteiger charge is -2.31. The molecule has 0 aliphatic carbocycles. The molecule has 0 amide bonds. The van der Waals surface area contributed by atoms with Crippen LogP contribution in [0.25, 0.3) is 0 Å². The molecule has 27 heavy (non-hydrogen) atoms. The highest BCUT2D eigenvalue weighted by molar-refractivity contribution is 7.88. The predicted octanol–water partition coefficient (Wildman–Crippen LogP) is 3.22. The number of ether oxygens (including phenoxy) is 2. The molecule has 0 spiro atoms. The molecule has 146 valence electrons. The van der Waals surface area contributed by atoms with Gasteiger partial charge in [0.25, 0.3) is 0 Å². The average molecular weight is 393 g/mol. The summed E-state index contributed by atoms with van der Waals surface area (Å²) < 4.78 is 51.6. The minimum Gasteiger partial charge on any atom is -0.491 e. The van der Waals surface area contributed by atoms with Crippen LogP contribution in [0.3, 0.4) is 0 Å².